The number of hydrogen-bond acceptors (Lipinski definition) is 5. The lowest BCUT2D eigenvalue weighted by Gasteiger charge is -1.99. The van der Waals surface area contributed by atoms with Gasteiger partial charge in [0.1, 0.15) is 18.2 Å². The Morgan fingerprint density at radius 3 is 2.68 bits per heavy atom. The molecule has 3 aromatic rings. The summed E-state index contributed by atoms with van der Waals surface area (Å²) in [6.45, 7) is -0.219. The summed E-state index contributed by atoms with van der Waals surface area (Å²) in [5.41, 5.74) is 3.07. The predicted molar refractivity (Wildman–Crippen MR) is 85.3 cm³/mol. The lowest BCUT2D eigenvalue weighted by atomic mass is 10.2. The Kier molecular flexibility index (Phi) is 4.84. The van der Waals surface area contributed by atoms with Crippen molar-refractivity contribution in [3.05, 3.63) is 65.7 Å². The number of halogens is 2. The molecule has 1 amide bonds. The number of benzene rings is 2. The van der Waals surface area contributed by atoms with Crippen molar-refractivity contribution in [3.63, 3.8) is 0 Å². The number of carbonyl (C=O) groups excluding carboxylic acids is 1. The third-order valence-corrected chi connectivity index (χ3v) is 3.14. The molecule has 7 nitrogen and oxygen atoms in total. The van der Waals surface area contributed by atoms with Crippen molar-refractivity contribution in [2.75, 3.05) is 0 Å². The van der Waals surface area contributed by atoms with Crippen molar-refractivity contribution in [3.8, 4) is 11.4 Å². The highest BCUT2D eigenvalue weighted by atomic mass is 19.1. The van der Waals surface area contributed by atoms with Gasteiger partial charge in [0, 0.05) is 11.1 Å². The Morgan fingerprint density at radius 1 is 1.16 bits per heavy atom. The molecule has 0 saturated carbocycles. The summed E-state index contributed by atoms with van der Waals surface area (Å²) in [5.74, 6) is -1.05. The van der Waals surface area contributed by atoms with E-state index in [1.54, 1.807) is 12.1 Å². The Morgan fingerprint density at radius 2 is 1.92 bits per heavy atom. The molecule has 0 saturated heterocycles. The van der Waals surface area contributed by atoms with E-state index in [1.165, 1.54) is 42.6 Å². The lowest BCUT2D eigenvalue weighted by molar-refractivity contribution is -0.122. The highest BCUT2D eigenvalue weighted by Gasteiger charge is 2.09. The molecule has 1 aromatic heterocycles. The van der Waals surface area contributed by atoms with Crippen molar-refractivity contribution >= 4 is 12.1 Å². The normalized spacial score (nSPS) is 11.0. The molecule has 0 unspecified atom stereocenters. The van der Waals surface area contributed by atoms with Crippen LogP contribution in [0.5, 0.6) is 0 Å². The minimum Gasteiger partial charge on any atom is -0.271 e. The molecule has 9 heteroatoms. The third-order valence-electron chi connectivity index (χ3n) is 3.14. The quantitative estimate of drug-likeness (QED) is 0.566. The second-order valence-corrected chi connectivity index (χ2v) is 4.97. The van der Waals surface area contributed by atoms with Gasteiger partial charge in [-0.3, -0.25) is 4.79 Å². The summed E-state index contributed by atoms with van der Waals surface area (Å²) in [5, 5.41) is 15.3. The van der Waals surface area contributed by atoms with E-state index in [1.807, 2.05) is 0 Å². The van der Waals surface area contributed by atoms with Gasteiger partial charge in [0.15, 0.2) is 0 Å². The minimum atomic E-state index is -0.504. The van der Waals surface area contributed by atoms with Gasteiger partial charge >= 0.3 is 0 Å². The van der Waals surface area contributed by atoms with E-state index >= 15 is 0 Å². The topological polar surface area (TPSA) is 85.1 Å². The van der Waals surface area contributed by atoms with Crippen LogP contribution in [0, 0.1) is 11.6 Å². The SMILES string of the molecule is O=C(Cn1nnc(-c2ccc(F)cc2)n1)N/N=C\c1ccccc1F. The summed E-state index contributed by atoms with van der Waals surface area (Å²) in [6, 6.07) is 11.6. The molecule has 0 atom stereocenters. The van der Waals surface area contributed by atoms with Gasteiger partial charge in [-0.15, -0.1) is 10.2 Å². The molecular weight excluding hydrogens is 330 g/mol. The van der Waals surface area contributed by atoms with Gasteiger partial charge in [0.25, 0.3) is 5.91 Å². The first-order valence-electron chi connectivity index (χ1n) is 7.22. The predicted octanol–water partition coefficient (Wildman–Crippen LogP) is 1.77. The number of tetrazole rings is 1. The maximum atomic E-state index is 13.4. The van der Waals surface area contributed by atoms with E-state index in [-0.39, 0.29) is 23.7 Å². The molecule has 0 aliphatic heterocycles. The number of nitrogens with zero attached hydrogens (tertiary/aromatic N) is 5. The van der Waals surface area contributed by atoms with Crippen LogP contribution < -0.4 is 5.43 Å². The first-order chi connectivity index (χ1) is 12.1. The van der Waals surface area contributed by atoms with Crippen molar-refractivity contribution in [2.45, 2.75) is 6.54 Å². The zero-order chi connectivity index (χ0) is 17.6. The molecule has 0 aliphatic carbocycles. The molecule has 0 spiro atoms. The van der Waals surface area contributed by atoms with Gasteiger partial charge in [-0.25, -0.2) is 14.2 Å². The Bertz CT molecular complexity index is 907. The first kappa shape index (κ1) is 16.4. The summed E-state index contributed by atoms with van der Waals surface area (Å²) in [7, 11) is 0. The van der Waals surface area contributed by atoms with Crippen LogP contribution in [0.4, 0.5) is 8.78 Å². The van der Waals surface area contributed by atoms with Crippen LogP contribution in [-0.2, 0) is 11.3 Å². The molecule has 126 valence electrons. The van der Waals surface area contributed by atoms with Gasteiger partial charge in [-0.2, -0.15) is 9.90 Å². The molecule has 0 radical (unpaired) electrons. The fraction of sp³-hybridized carbons (Fsp3) is 0.0625. The van der Waals surface area contributed by atoms with Crippen LogP contribution in [-0.4, -0.2) is 32.3 Å². The van der Waals surface area contributed by atoms with E-state index in [0.717, 1.165) is 4.80 Å². The maximum Gasteiger partial charge on any atom is 0.263 e. The molecular formula is C16H12F2N6O. The first-order valence-corrected chi connectivity index (χ1v) is 7.22. The zero-order valence-electron chi connectivity index (χ0n) is 12.8. The Balaban J connectivity index is 1.58. The van der Waals surface area contributed by atoms with Gasteiger partial charge < -0.3 is 0 Å². The van der Waals surface area contributed by atoms with Crippen LogP contribution in [0.2, 0.25) is 0 Å². The van der Waals surface area contributed by atoms with E-state index in [0.29, 0.717) is 5.56 Å². The van der Waals surface area contributed by atoms with Crippen LogP contribution in [0.1, 0.15) is 5.56 Å². The maximum absolute atomic E-state index is 13.4. The highest BCUT2D eigenvalue weighted by molar-refractivity contribution is 5.82. The van der Waals surface area contributed by atoms with Gasteiger partial charge in [-0.05, 0) is 35.5 Å². The minimum absolute atomic E-state index is 0.219. The van der Waals surface area contributed by atoms with E-state index in [9.17, 15) is 13.6 Å². The van der Waals surface area contributed by atoms with Crippen LogP contribution in [0.15, 0.2) is 53.6 Å². The van der Waals surface area contributed by atoms with E-state index in [4.69, 9.17) is 0 Å². The second kappa shape index (κ2) is 7.39. The second-order valence-electron chi connectivity index (χ2n) is 4.97. The van der Waals surface area contributed by atoms with E-state index in [2.05, 4.69) is 25.9 Å². The number of amides is 1. The number of carbonyl (C=O) groups is 1. The molecule has 1 N–H and O–H groups in total. The number of hydrazone groups is 1. The Hall–Kier alpha value is -3.49. The Labute approximate surface area is 141 Å². The average Bonchev–Trinajstić information content (AvgIpc) is 3.05. The molecule has 0 aliphatic rings. The van der Waals surface area contributed by atoms with Crippen molar-refractivity contribution in [1.29, 1.82) is 0 Å². The van der Waals surface area contributed by atoms with E-state index < -0.39 is 11.7 Å². The van der Waals surface area contributed by atoms with Crippen molar-refractivity contribution in [1.82, 2.24) is 25.6 Å². The molecule has 0 bridgehead atoms. The third kappa shape index (κ3) is 4.28. The van der Waals surface area contributed by atoms with Crippen molar-refractivity contribution < 1.29 is 13.6 Å². The monoisotopic (exact) mass is 342 g/mol. The van der Waals surface area contributed by atoms with Crippen LogP contribution >= 0.6 is 0 Å². The van der Waals surface area contributed by atoms with Gasteiger partial charge in [0.05, 0.1) is 6.21 Å². The van der Waals surface area contributed by atoms with Crippen LogP contribution in [0.25, 0.3) is 11.4 Å². The molecule has 0 fully saturated rings. The summed E-state index contributed by atoms with van der Waals surface area (Å²) >= 11 is 0. The number of aromatic nitrogens is 4. The van der Waals surface area contributed by atoms with Crippen molar-refractivity contribution in [2.24, 2.45) is 5.10 Å². The van der Waals surface area contributed by atoms with Crippen LogP contribution in [0.3, 0.4) is 0 Å². The standard InChI is InChI=1S/C16H12F2N6O/c17-13-7-5-11(6-8-13)16-21-23-24(22-16)10-15(25)20-19-9-12-3-1-2-4-14(12)18/h1-9H,10H2,(H,20,25)/b19-9-. The average molecular weight is 342 g/mol. The highest BCUT2D eigenvalue weighted by Crippen LogP contribution is 2.13. The summed E-state index contributed by atoms with van der Waals surface area (Å²) in [4.78, 5) is 12.9. The largest absolute Gasteiger partial charge is 0.271 e. The van der Waals surface area contributed by atoms with Gasteiger partial charge in [0.2, 0.25) is 5.82 Å². The van der Waals surface area contributed by atoms with Gasteiger partial charge in [-0.1, -0.05) is 18.2 Å². The summed E-state index contributed by atoms with van der Waals surface area (Å²) < 4.78 is 26.3. The number of nitrogens with one attached hydrogen (secondary N) is 1. The zero-order valence-corrected chi connectivity index (χ0v) is 12.8. The molecule has 2 aromatic carbocycles. The smallest absolute Gasteiger partial charge is 0.263 e. The number of rotatable bonds is 5. The summed E-state index contributed by atoms with van der Waals surface area (Å²) in [6.07, 6.45) is 1.20. The molecule has 25 heavy (non-hydrogen) atoms. The lowest BCUT2D eigenvalue weighted by Crippen LogP contribution is -2.24. The molecule has 1 heterocycles. The number of hydrogen-bond donors (Lipinski definition) is 1. The molecule has 3 rings (SSSR count). The fourth-order valence-electron chi connectivity index (χ4n) is 1.94. The fourth-order valence-corrected chi connectivity index (χ4v) is 1.94.